The SMILES string of the molecule is CNC1(c2c(F)cc(F)cc2OC)CC1. The molecule has 15 heavy (non-hydrogen) atoms. The Balaban J connectivity index is 2.54. The van der Waals surface area contributed by atoms with Crippen LogP contribution in [0.15, 0.2) is 12.1 Å². The fourth-order valence-electron chi connectivity index (χ4n) is 1.93. The van der Waals surface area contributed by atoms with Gasteiger partial charge in [0, 0.05) is 17.7 Å². The summed E-state index contributed by atoms with van der Waals surface area (Å²) >= 11 is 0. The molecule has 0 spiro atoms. The van der Waals surface area contributed by atoms with E-state index >= 15 is 0 Å². The maximum absolute atomic E-state index is 13.7. The van der Waals surface area contributed by atoms with Crippen LogP contribution in [0.25, 0.3) is 0 Å². The van der Waals surface area contributed by atoms with Gasteiger partial charge in [0.15, 0.2) is 0 Å². The van der Waals surface area contributed by atoms with E-state index in [0.717, 1.165) is 18.9 Å². The number of ether oxygens (including phenoxy) is 1. The van der Waals surface area contributed by atoms with E-state index in [-0.39, 0.29) is 11.3 Å². The van der Waals surface area contributed by atoms with Gasteiger partial charge in [0.25, 0.3) is 0 Å². The molecule has 1 aromatic rings. The van der Waals surface area contributed by atoms with Gasteiger partial charge in [0.1, 0.15) is 17.4 Å². The number of methoxy groups -OCH3 is 1. The average molecular weight is 213 g/mol. The number of benzene rings is 1. The van der Waals surface area contributed by atoms with Crippen molar-refractivity contribution in [3.8, 4) is 5.75 Å². The highest BCUT2D eigenvalue weighted by Crippen LogP contribution is 2.49. The van der Waals surface area contributed by atoms with Gasteiger partial charge in [-0.15, -0.1) is 0 Å². The fraction of sp³-hybridized carbons (Fsp3) is 0.455. The first-order valence-electron chi connectivity index (χ1n) is 4.85. The maximum Gasteiger partial charge on any atom is 0.134 e. The van der Waals surface area contributed by atoms with Crippen molar-refractivity contribution < 1.29 is 13.5 Å². The molecule has 0 aliphatic heterocycles. The van der Waals surface area contributed by atoms with E-state index in [1.54, 1.807) is 7.05 Å². The molecule has 0 atom stereocenters. The Hall–Kier alpha value is -1.16. The van der Waals surface area contributed by atoms with Crippen LogP contribution in [0.5, 0.6) is 5.75 Å². The first-order valence-corrected chi connectivity index (χ1v) is 4.85. The topological polar surface area (TPSA) is 21.3 Å². The Morgan fingerprint density at radius 1 is 1.33 bits per heavy atom. The Kier molecular flexibility index (Phi) is 2.38. The Morgan fingerprint density at radius 3 is 2.47 bits per heavy atom. The standard InChI is InChI=1S/C11H13F2NO/c1-14-11(3-4-11)10-8(13)5-7(12)6-9(10)15-2/h5-6,14H,3-4H2,1-2H3. The number of hydrogen-bond donors (Lipinski definition) is 1. The van der Waals surface area contributed by atoms with Crippen LogP contribution in [-0.2, 0) is 5.54 Å². The molecule has 82 valence electrons. The summed E-state index contributed by atoms with van der Waals surface area (Å²) in [6, 6.07) is 2.12. The van der Waals surface area contributed by atoms with Gasteiger partial charge in [-0.1, -0.05) is 0 Å². The van der Waals surface area contributed by atoms with Gasteiger partial charge >= 0.3 is 0 Å². The quantitative estimate of drug-likeness (QED) is 0.831. The molecule has 0 heterocycles. The number of halogens is 2. The Bertz CT molecular complexity index is 388. The van der Waals surface area contributed by atoms with Gasteiger partial charge < -0.3 is 10.1 Å². The van der Waals surface area contributed by atoms with Gasteiger partial charge in [-0.2, -0.15) is 0 Å². The zero-order valence-electron chi connectivity index (χ0n) is 8.73. The molecule has 1 fully saturated rings. The molecule has 0 saturated heterocycles. The van der Waals surface area contributed by atoms with Crippen molar-refractivity contribution in [2.45, 2.75) is 18.4 Å². The highest BCUT2D eigenvalue weighted by atomic mass is 19.1. The molecule has 0 bridgehead atoms. The summed E-state index contributed by atoms with van der Waals surface area (Å²) in [7, 11) is 3.19. The fourth-order valence-corrected chi connectivity index (χ4v) is 1.93. The molecular weight excluding hydrogens is 200 g/mol. The Morgan fingerprint density at radius 2 is 2.00 bits per heavy atom. The van der Waals surface area contributed by atoms with E-state index in [1.165, 1.54) is 13.2 Å². The van der Waals surface area contributed by atoms with E-state index in [2.05, 4.69) is 5.32 Å². The number of nitrogens with one attached hydrogen (secondary N) is 1. The molecule has 1 aliphatic rings. The van der Waals surface area contributed by atoms with Crippen LogP contribution < -0.4 is 10.1 Å². The third kappa shape index (κ3) is 1.59. The molecule has 0 amide bonds. The monoisotopic (exact) mass is 213 g/mol. The van der Waals surface area contributed by atoms with Crippen LogP contribution >= 0.6 is 0 Å². The lowest BCUT2D eigenvalue weighted by Crippen LogP contribution is -2.26. The van der Waals surface area contributed by atoms with E-state index in [0.29, 0.717) is 5.56 Å². The molecule has 4 heteroatoms. The third-order valence-electron chi connectivity index (χ3n) is 2.95. The molecule has 2 nitrogen and oxygen atoms in total. The van der Waals surface area contributed by atoms with Gasteiger partial charge in [-0.3, -0.25) is 0 Å². The largest absolute Gasteiger partial charge is 0.496 e. The molecule has 1 aromatic carbocycles. The van der Waals surface area contributed by atoms with Crippen LogP contribution in [0.4, 0.5) is 8.78 Å². The second-order valence-corrected chi connectivity index (χ2v) is 3.80. The van der Waals surface area contributed by atoms with Crippen molar-refractivity contribution in [3.63, 3.8) is 0 Å². The minimum Gasteiger partial charge on any atom is -0.496 e. The smallest absolute Gasteiger partial charge is 0.134 e. The predicted octanol–water partition coefficient (Wildman–Crippen LogP) is 2.18. The van der Waals surface area contributed by atoms with Crippen LogP contribution in [0.2, 0.25) is 0 Å². The Labute approximate surface area is 87.2 Å². The minimum absolute atomic E-state index is 0.277. The van der Waals surface area contributed by atoms with Crippen LogP contribution in [0, 0.1) is 11.6 Å². The lowest BCUT2D eigenvalue weighted by atomic mass is 10.0. The second-order valence-electron chi connectivity index (χ2n) is 3.80. The highest BCUT2D eigenvalue weighted by Gasteiger charge is 2.46. The van der Waals surface area contributed by atoms with Crippen LogP contribution in [0.3, 0.4) is 0 Å². The lowest BCUT2D eigenvalue weighted by Gasteiger charge is -2.18. The van der Waals surface area contributed by atoms with Gasteiger partial charge in [-0.25, -0.2) is 8.78 Å². The number of hydrogen-bond acceptors (Lipinski definition) is 2. The van der Waals surface area contributed by atoms with Crippen molar-refractivity contribution in [1.29, 1.82) is 0 Å². The molecule has 0 aromatic heterocycles. The van der Waals surface area contributed by atoms with Crippen LogP contribution in [-0.4, -0.2) is 14.2 Å². The van der Waals surface area contributed by atoms with E-state index in [4.69, 9.17) is 4.74 Å². The van der Waals surface area contributed by atoms with Gasteiger partial charge in [0.2, 0.25) is 0 Å². The van der Waals surface area contributed by atoms with E-state index in [1.807, 2.05) is 0 Å². The summed E-state index contributed by atoms with van der Waals surface area (Å²) < 4.78 is 31.6. The molecule has 0 radical (unpaired) electrons. The zero-order chi connectivity index (χ0) is 11.1. The average Bonchev–Trinajstić information content (AvgIpc) is 2.97. The van der Waals surface area contributed by atoms with Crippen molar-refractivity contribution in [2.75, 3.05) is 14.2 Å². The van der Waals surface area contributed by atoms with Gasteiger partial charge in [0.05, 0.1) is 12.7 Å². The summed E-state index contributed by atoms with van der Waals surface area (Å²) in [5.41, 5.74) is 0.0808. The molecule has 2 rings (SSSR count). The maximum atomic E-state index is 13.7. The summed E-state index contributed by atoms with van der Waals surface area (Å²) in [5.74, 6) is -0.877. The van der Waals surface area contributed by atoms with Crippen molar-refractivity contribution in [1.82, 2.24) is 5.32 Å². The van der Waals surface area contributed by atoms with Gasteiger partial charge in [-0.05, 0) is 19.9 Å². The molecule has 1 saturated carbocycles. The van der Waals surface area contributed by atoms with E-state index < -0.39 is 11.6 Å². The van der Waals surface area contributed by atoms with Crippen molar-refractivity contribution in [2.24, 2.45) is 0 Å². The summed E-state index contributed by atoms with van der Waals surface area (Å²) in [5, 5.41) is 3.06. The molecule has 1 N–H and O–H groups in total. The van der Waals surface area contributed by atoms with Crippen molar-refractivity contribution in [3.05, 3.63) is 29.3 Å². The minimum atomic E-state index is -0.611. The summed E-state index contributed by atoms with van der Waals surface area (Å²) in [6.07, 6.45) is 1.70. The predicted molar refractivity (Wildman–Crippen MR) is 52.9 cm³/mol. The second kappa shape index (κ2) is 3.45. The first kappa shape index (κ1) is 10.4. The third-order valence-corrected chi connectivity index (χ3v) is 2.95. The molecule has 0 unspecified atom stereocenters. The normalized spacial score (nSPS) is 17.6. The van der Waals surface area contributed by atoms with Crippen LogP contribution in [0.1, 0.15) is 18.4 Å². The number of rotatable bonds is 3. The summed E-state index contributed by atoms with van der Waals surface area (Å²) in [6.45, 7) is 0. The molecule has 1 aliphatic carbocycles. The molecular formula is C11H13F2NO. The zero-order valence-corrected chi connectivity index (χ0v) is 8.73. The van der Waals surface area contributed by atoms with Crippen molar-refractivity contribution >= 4 is 0 Å². The lowest BCUT2D eigenvalue weighted by molar-refractivity contribution is 0.385. The highest BCUT2D eigenvalue weighted by molar-refractivity contribution is 5.44. The van der Waals surface area contributed by atoms with E-state index in [9.17, 15) is 8.78 Å². The summed E-state index contributed by atoms with van der Waals surface area (Å²) in [4.78, 5) is 0. The first-order chi connectivity index (χ1) is 7.13.